The van der Waals surface area contributed by atoms with E-state index in [2.05, 4.69) is 36.3 Å². The monoisotopic (exact) mass is 471 g/mol. The molecule has 1 aliphatic heterocycles. The van der Waals surface area contributed by atoms with Crippen molar-refractivity contribution >= 4 is 22.8 Å². The Balaban J connectivity index is 1.11. The Morgan fingerprint density at radius 3 is 2.89 bits per heavy atom. The first-order chi connectivity index (χ1) is 17.1. The van der Waals surface area contributed by atoms with Crippen molar-refractivity contribution in [3.63, 3.8) is 0 Å². The predicted octanol–water partition coefficient (Wildman–Crippen LogP) is 3.04. The molecule has 0 aromatic carbocycles. The van der Waals surface area contributed by atoms with E-state index in [9.17, 15) is 10.1 Å². The number of aromatic nitrogens is 5. The Morgan fingerprint density at radius 2 is 2.11 bits per heavy atom. The molecule has 0 radical (unpaired) electrons. The first-order valence-electron chi connectivity index (χ1n) is 11.7. The molecule has 4 aromatic rings. The molecular formula is C24H25N9O2. The molecule has 2 aliphatic rings. The van der Waals surface area contributed by atoms with Crippen LogP contribution in [0.15, 0.2) is 54.0 Å². The zero-order chi connectivity index (χ0) is 23.8. The number of anilines is 1. The van der Waals surface area contributed by atoms with Gasteiger partial charge in [0.15, 0.2) is 0 Å². The van der Waals surface area contributed by atoms with Crippen molar-refractivity contribution in [1.82, 2.24) is 34.5 Å². The second-order valence-electron chi connectivity index (χ2n) is 9.22. The minimum atomic E-state index is -0.322. The molecule has 2 fully saturated rings. The van der Waals surface area contributed by atoms with E-state index >= 15 is 0 Å². The van der Waals surface area contributed by atoms with Gasteiger partial charge in [-0.15, -0.1) is 0 Å². The number of aromatic amines is 1. The summed E-state index contributed by atoms with van der Waals surface area (Å²) >= 11 is 0. The molecule has 11 nitrogen and oxygen atoms in total. The SMILES string of the molecule is N#CC[C@]1(n2cc(-c3ncnc4[nH]ccc34)cn2)C[C@H](N2CCN(C(=O)Nc3ccoc3)CC2)C1. The van der Waals surface area contributed by atoms with Crippen molar-refractivity contribution in [2.24, 2.45) is 0 Å². The molecule has 6 rings (SSSR count). The third-order valence-electron chi connectivity index (χ3n) is 7.23. The zero-order valence-electron chi connectivity index (χ0n) is 19.1. The van der Waals surface area contributed by atoms with Gasteiger partial charge in [-0.2, -0.15) is 10.4 Å². The quantitative estimate of drug-likeness (QED) is 0.457. The number of carbonyl (C=O) groups excluding carboxylic acids is 1. The lowest BCUT2D eigenvalue weighted by Gasteiger charge is -2.52. The summed E-state index contributed by atoms with van der Waals surface area (Å²) in [5, 5.41) is 18.0. The number of amides is 2. The maximum Gasteiger partial charge on any atom is 0.322 e. The molecule has 11 heteroatoms. The van der Waals surface area contributed by atoms with Gasteiger partial charge in [-0.05, 0) is 18.9 Å². The Bertz CT molecular complexity index is 1370. The first-order valence-corrected chi connectivity index (χ1v) is 11.7. The fourth-order valence-corrected chi connectivity index (χ4v) is 5.27. The summed E-state index contributed by atoms with van der Waals surface area (Å²) in [5.41, 5.74) is 2.87. The number of H-pyrrole nitrogens is 1. The van der Waals surface area contributed by atoms with Crippen LogP contribution >= 0.6 is 0 Å². The van der Waals surface area contributed by atoms with Crippen molar-refractivity contribution in [2.45, 2.75) is 30.8 Å². The third kappa shape index (κ3) is 3.81. The van der Waals surface area contributed by atoms with Crippen LogP contribution in [-0.4, -0.2) is 72.8 Å². The van der Waals surface area contributed by atoms with E-state index in [-0.39, 0.29) is 11.6 Å². The number of carbonyl (C=O) groups is 1. The van der Waals surface area contributed by atoms with Crippen molar-refractivity contribution < 1.29 is 9.21 Å². The Labute approximate surface area is 201 Å². The average molecular weight is 472 g/mol. The summed E-state index contributed by atoms with van der Waals surface area (Å²) in [4.78, 5) is 28.6. The molecule has 0 atom stereocenters. The topological polar surface area (TPSA) is 132 Å². The molecule has 0 unspecified atom stereocenters. The summed E-state index contributed by atoms with van der Waals surface area (Å²) in [6, 6.07) is 6.32. The van der Waals surface area contributed by atoms with Gasteiger partial charge in [-0.25, -0.2) is 14.8 Å². The number of hydrogen-bond acceptors (Lipinski definition) is 7. The largest absolute Gasteiger partial charge is 0.470 e. The molecule has 2 amide bonds. The Morgan fingerprint density at radius 1 is 1.26 bits per heavy atom. The average Bonchev–Trinajstić information content (AvgIpc) is 3.63. The number of rotatable bonds is 5. The standard InChI is InChI=1S/C24H25N9O2/c25-4-3-24(33-14-17(13-29-33)21-20-1-5-26-22(20)28-16-27-21)11-19(12-24)31-6-8-32(9-7-31)23(34)30-18-2-10-35-15-18/h1-2,5,10,13-16,19H,3,6-9,11-12H2,(H,30,34)(H,26,27,28)/t19-,24-. The number of nitriles is 1. The highest BCUT2D eigenvalue weighted by Gasteiger charge is 2.49. The highest BCUT2D eigenvalue weighted by atomic mass is 16.3. The van der Waals surface area contributed by atoms with Gasteiger partial charge in [0, 0.05) is 61.6 Å². The summed E-state index contributed by atoms with van der Waals surface area (Å²) < 4.78 is 6.97. The van der Waals surface area contributed by atoms with Gasteiger partial charge >= 0.3 is 6.03 Å². The van der Waals surface area contributed by atoms with E-state index in [1.807, 2.05) is 34.2 Å². The van der Waals surface area contributed by atoms with Crippen molar-refractivity contribution in [2.75, 3.05) is 31.5 Å². The molecule has 2 N–H and O–H groups in total. The minimum absolute atomic E-state index is 0.108. The molecule has 35 heavy (non-hydrogen) atoms. The summed E-state index contributed by atoms with van der Waals surface area (Å²) in [5.74, 6) is 0. The van der Waals surface area contributed by atoms with Gasteiger partial charge in [0.05, 0.1) is 41.9 Å². The summed E-state index contributed by atoms with van der Waals surface area (Å²) in [6.07, 6.45) is 12.4. The van der Waals surface area contributed by atoms with Crippen LogP contribution in [0.5, 0.6) is 0 Å². The number of piperazine rings is 1. The molecule has 1 saturated heterocycles. The number of nitrogens with zero attached hydrogens (tertiary/aromatic N) is 7. The maximum atomic E-state index is 12.5. The molecule has 1 saturated carbocycles. The number of urea groups is 1. The van der Waals surface area contributed by atoms with Gasteiger partial charge in [0.1, 0.15) is 18.2 Å². The van der Waals surface area contributed by atoms with E-state index in [4.69, 9.17) is 4.42 Å². The van der Waals surface area contributed by atoms with E-state index in [0.717, 1.165) is 48.2 Å². The first kappa shape index (κ1) is 21.4. The fourth-order valence-electron chi connectivity index (χ4n) is 5.27. The van der Waals surface area contributed by atoms with Crippen LogP contribution in [0.25, 0.3) is 22.3 Å². The van der Waals surface area contributed by atoms with E-state index in [1.165, 1.54) is 12.5 Å². The highest BCUT2D eigenvalue weighted by molar-refractivity contribution is 5.90. The van der Waals surface area contributed by atoms with Gasteiger partial charge in [-0.3, -0.25) is 9.58 Å². The Hall–Kier alpha value is -4.17. The second-order valence-corrected chi connectivity index (χ2v) is 9.22. The van der Waals surface area contributed by atoms with E-state index in [0.29, 0.717) is 31.2 Å². The molecule has 1 aliphatic carbocycles. The lowest BCUT2D eigenvalue weighted by molar-refractivity contribution is -0.0123. The smallest absolute Gasteiger partial charge is 0.322 e. The van der Waals surface area contributed by atoms with Gasteiger partial charge in [0.25, 0.3) is 0 Å². The number of furan rings is 1. The third-order valence-corrected chi connectivity index (χ3v) is 7.23. The van der Waals surface area contributed by atoms with Crippen LogP contribution in [0, 0.1) is 11.3 Å². The van der Waals surface area contributed by atoms with Gasteiger partial charge < -0.3 is 19.6 Å². The second kappa shape index (κ2) is 8.56. The number of nitrogens with one attached hydrogen (secondary N) is 2. The molecule has 0 bridgehead atoms. The minimum Gasteiger partial charge on any atom is -0.470 e. The van der Waals surface area contributed by atoms with Gasteiger partial charge in [-0.1, -0.05) is 0 Å². The molecule has 0 spiro atoms. The molecule has 5 heterocycles. The van der Waals surface area contributed by atoms with Crippen molar-refractivity contribution in [1.29, 1.82) is 5.26 Å². The highest BCUT2D eigenvalue weighted by Crippen LogP contribution is 2.45. The fraction of sp³-hybridized carbons (Fsp3) is 0.375. The Kier molecular flexibility index (Phi) is 5.22. The van der Waals surface area contributed by atoms with Crippen LogP contribution in [-0.2, 0) is 5.54 Å². The zero-order valence-corrected chi connectivity index (χ0v) is 19.1. The maximum absolute atomic E-state index is 12.5. The van der Waals surface area contributed by atoms with Crippen LogP contribution in [0.3, 0.4) is 0 Å². The lowest BCUT2D eigenvalue weighted by atomic mass is 9.70. The summed E-state index contributed by atoms with van der Waals surface area (Å²) in [6.45, 7) is 2.95. The molecular weight excluding hydrogens is 446 g/mol. The lowest BCUT2D eigenvalue weighted by Crippen LogP contribution is -2.61. The van der Waals surface area contributed by atoms with Crippen LogP contribution in [0.2, 0.25) is 0 Å². The summed E-state index contributed by atoms with van der Waals surface area (Å²) in [7, 11) is 0. The van der Waals surface area contributed by atoms with Crippen LogP contribution < -0.4 is 5.32 Å². The predicted molar refractivity (Wildman–Crippen MR) is 127 cm³/mol. The molecule has 4 aromatic heterocycles. The normalized spacial score (nSPS) is 22.6. The number of hydrogen-bond donors (Lipinski definition) is 2. The van der Waals surface area contributed by atoms with Gasteiger partial charge in [0.2, 0.25) is 0 Å². The number of fused-ring (bicyclic) bond motifs is 1. The molecule has 178 valence electrons. The van der Waals surface area contributed by atoms with Crippen molar-refractivity contribution in [3.05, 3.63) is 49.6 Å². The van der Waals surface area contributed by atoms with Crippen LogP contribution in [0.1, 0.15) is 19.3 Å². The van der Waals surface area contributed by atoms with E-state index < -0.39 is 0 Å². The van der Waals surface area contributed by atoms with Crippen LogP contribution in [0.4, 0.5) is 10.5 Å². The van der Waals surface area contributed by atoms with E-state index in [1.54, 1.807) is 12.4 Å². The van der Waals surface area contributed by atoms with Crippen molar-refractivity contribution in [3.8, 4) is 17.3 Å².